The van der Waals surface area contributed by atoms with Gasteiger partial charge in [0.25, 0.3) is 0 Å². The minimum atomic E-state index is -3.08. The lowest BCUT2D eigenvalue weighted by Gasteiger charge is -2.26. The molecule has 2 N–H and O–H groups in total. The second-order valence-corrected chi connectivity index (χ2v) is 7.97. The first-order valence-corrected chi connectivity index (χ1v) is 9.25. The predicted molar refractivity (Wildman–Crippen MR) is 72.9 cm³/mol. The molecule has 2 heterocycles. The molecule has 0 spiro atoms. The van der Waals surface area contributed by atoms with Gasteiger partial charge >= 0.3 is 0 Å². The monoisotopic (exact) mass is 278 g/mol. The average Bonchev–Trinajstić information content (AvgIpc) is 2.30. The van der Waals surface area contributed by atoms with E-state index >= 15 is 0 Å². The highest BCUT2D eigenvalue weighted by molar-refractivity contribution is 7.99. The molecule has 0 aliphatic carbocycles. The van der Waals surface area contributed by atoms with Gasteiger partial charge in [0.15, 0.2) is 0 Å². The highest BCUT2D eigenvalue weighted by Gasteiger charge is 2.24. The molecule has 17 heavy (non-hydrogen) atoms. The molecule has 4 nitrogen and oxygen atoms in total. The van der Waals surface area contributed by atoms with Crippen LogP contribution in [0.2, 0.25) is 0 Å². The lowest BCUT2D eigenvalue weighted by atomic mass is 10.0. The predicted octanol–water partition coefficient (Wildman–Crippen LogP) is 0.801. The zero-order valence-electron chi connectivity index (χ0n) is 10.2. The van der Waals surface area contributed by atoms with Gasteiger partial charge in [0.05, 0.1) is 5.75 Å². The Kier molecular flexibility index (Phi) is 5.14. The van der Waals surface area contributed by atoms with Crippen molar-refractivity contribution in [3.8, 4) is 0 Å². The Morgan fingerprint density at radius 3 is 2.82 bits per heavy atom. The van der Waals surface area contributed by atoms with Crippen LogP contribution in [0.25, 0.3) is 0 Å². The van der Waals surface area contributed by atoms with E-state index in [-0.39, 0.29) is 12.0 Å². The molecule has 0 aromatic rings. The molecular weight excluding hydrogens is 256 g/mol. The molecule has 0 aromatic heterocycles. The van der Waals surface area contributed by atoms with Crippen LogP contribution in [-0.4, -0.2) is 44.8 Å². The van der Waals surface area contributed by atoms with E-state index in [4.69, 9.17) is 0 Å². The average molecular weight is 278 g/mol. The maximum Gasteiger partial charge on any atom is 0.212 e. The summed E-state index contributed by atoms with van der Waals surface area (Å²) in [6, 6.07) is 0.162. The second kappa shape index (κ2) is 6.41. The molecule has 100 valence electrons. The van der Waals surface area contributed by atoms with Gasteiger partial charge in [-0.05, 0) is 50.4 Å². The molecule has 0 aromatic carbocycles. The Balaban J connectivity index is 1.80. The van der Waals surface area contributed by atoms with Crippen molar-refractivity contribution in [2.24, 2.45) is 5.92 Å². The smallest absolute Gasteiger partial charge is 0.212 e. The fourth-order valence-electron chi connectivity index (χ4n) is 2.51. The molecular formula is C11H22N2O2S2. The quantitative estimate of drug-likeness (QED) is 0.799. The number of hydrogen-bond donors (Lipinski definition) is 2. The first kappa shape index (κ1) is 13.6. The van der Waals surface area contributed by atoms with Crippen LogP contribution in [0, 0.1) is 5.92 Å². The van der Waals surface area contributed by atoms with Crippen molar-refractivity contribution in [2.75, 3.05) is 30.3 Å². The fraction of sp³-hybridized carbons (Fsp3) is 1.00. The van der Waals surface area contributed by atoms with Gasteiger partial charge in [0.2, 0.25) is 10.0 Å². The molecule has 0 amide bonds. The van der Waals surface area contributed by atoms with Crippen LogP contribution < -0.4 is 10.0 Å². The summed E-state index contributed by atoms with van der Waals surface area (Å²) in [5, 5.41) is 3.26. The lowest BCUT2D eigenvalue weighted by molar-refractivity contribution is 0.401. The van der Waals surface area contributed by atoms with Crippen molar-refractivity contribution in [1.82, 2.24) is 10.0 Å². The van der Waals surface area contributed by atoms with Crippen LogP contribution in [0.15, 0.2) is 0 Å². The van der Waals surface area contributed by atoms with Crippen molar-refractivity contribution in [3.63, 3.8) is 0 Å². The summed E-state index contributed by atoms with van der Waals surface area (Å²) < 4.78 is 26.9. The van der Waals surface area contributed by atoms with E-state index in [1.807, 2.05) is 11.8 Å². The van der Waals surface area contributed by atoms with Gasteiger partial charge in [-0.2, -0.15) is 11.8 Å². The minimum Gasteiger partial charge on any atom is -0.316 e. The van der Waals surface area contributed by atoms with Crippen molar-refractivity contribution in [2.45, 2.75) is 31.7 Å². The van der Waals surface area contributed by atoms with Gasteiger partial charge < -0.3 is 5.32 Å². The van der Waals surface area contributed by atoms with E-state index in [9.17, 15) is 8.42 Å². The third-order valence-electron chi connectivity index (χ3n) is 3.36. The minimum absolute atomic E-state index is 0.162. The van der Waals surface area contributed by atoms with E-state index in [2.05, 4.69) is 10.0 Å². The van der Waals surface area contributed by atoms with E-state index in [0.717, 1.165) is 44.5 Å². The van der Waals surface area contributed by atoms with Gasteiger partial charge in [0, 0.05) is 11.8 Å². The first-order chi connectivity index (χ1) is 8.16. The van der Waals surface area contributed by atoms with E-state index in [1.165, 1.54) is 5.75 Å². The van der Waals surface area contributed by atoms with E-state index < -0.39 is 10.0 Å². The standard InChI is InChI=1S/C11H22N2O2S2/c14-17(15,9-10-3-1-5-12-7-10)13-11-4-2-6-16-8-11/h10-13H,1-9H2. The topological polar surface area (TPSA) is 58.2 Å². The first-order valence-electron chi connectivity index (χ1n) is 6.44. The molecule has 0 saturated carbocycles. The Morgan fingerprint density at radius 1 is 1.29 bits per heavy atom. The van der Waals surface area contributed by atoms with Gasteiger partial charge in [0.1, 0.15) is 0 Å². The summed E-state index contributed by atoms with van der Waals surface area (Å²) in [5.74, 6) is 2.69. The number of sulfonamides is 1. The van der Waals surface area contributed by atoms with Gasteiger partial charge in [-0.15, -0.1) is 0 Å². The molecule has 2 rings (SSSR count). The number of nitrogens with one attached hydrogen (secondary N) is 2. The molecule has 2 atom stereocenters. The Bertz CT molecular complexity index is 294. The summed E-state index contributed by atoms with van der Waals surface area (Å²) in [4.78, 5) is 0. The Labute approximate surface area is 108 Å². The number of rotatable bonds is 4. The van der Waals surface area contributed by atoms with Crippen LogP contribution in [0.5, 0.6) is 0 Å². The highest BCUT2D eigenvalue weighted by atomic mass is 32.2. The third kappa shape index (κ3) is 4.77. The van der Waals surface area contributed by atoms with Crippen molar-refractivity contribution < 1.29 is 8.42 Å². The van der Waals surface area contributed by atoms with Crippen LogP contribution >= 0.6 is 11.8 Å². The van der Waals surface area contributed by atoms with Crippen molar-refractivity contribution in [1.29, 1.82) is 0 Å². The summed E-state index contributed by atoms with van der Waals surface area (Å²) >= 11 is 1.85. The highest BCUT2D eigenvalue weighted by Crippen LogP contribution is 2.18. The van der Waals surface area contributed by atoms with Gasteiger partial charge in [-0.1, -0.05) is 0 Å². The SMILES string of the molecule is O=S(=O)(CC1CCCNC1)NC1CCCSC1. The Hall–Kier alpha value is 0.220. The maximum atomic E-state index is 12.0. The van der Waals surface area contributed by atoms with Crippen molar-refractivity contribution in [3.05, 3.63) is 0 Å². The number of thioether (sulfide) groups is 1. The normalized spacial score (nSPS) is 31.3. The fourth-order valence-corrected chi connectivity index (χ4v) is 5.40. The largest absolute Gasteiger partial charge is 0.316 e. The van der Waals surface area contributed by atoms with Crippen LogP contribution in [0.3, 0.4) is 0 Å². The molecule has 2 aliphatic rings. The van der Waals surface area contributed by atoms with Crippen LogP contribution in [-0.2, 0) is 10.0 Å². The maximum absolute atomic E-state index is 12.0. The lowest BCUT2D eigenvalue weighted by Crippen LogP contribution is -2.43. The van der Waals surface area contributed by atoms with E-state index in [0.29, 0.717) is 5.75 Å². The third-order valence-corrected chi connectivity index (χ3v) is 6.18. The summed E-state index contributed by atoms with van der Waals surface area (Å²) in [5.41, 5.74) is 0. The Morgan fingerprint density at radius 2 is 2.18 bits per heavy atom. The zero-order chi connectivity index (χ0) is 12.1. The van der Waals surface area contributed by atoms with Gasteiger partial charge in [-0.3, -0.25) is 0 Å². The second-order valence-electron chi connectivity index (χ2n) is 5.03. The molecule has 2 unspecified atom stereocenters. The van der Waals surface area contributed by atoms with E-state index in [1.54, 1.807) is 0 Å². The molecule has 0 bridgehead atoms. The van der Waals surface area contributed by atoms with Crippen molar-refractivity contribution >= 4 is 21.8 Å². The summed E-state index contributed by atoms with van der Waals surface area (Å²) in [7, 11) is -3.08. The molecule has 2 fully saturated rings. The van der Waals surface area contributed by atoms with Gasteiger partial charge in [-0.25, -0.2) is 13.1 Å². The zero-order valence-corrected chi connectivity index (χ0v) is 11.8. The van der Waals surface area contributed by atoms with Crippen LogP contribution in [0.1, 0.15) is 25.7 Å². The molecule has 6 heteroatoms. The number of piperidine rings is 1. The summed E-state index contributed by atoms with van der Waals surface area (Å²) in [6.45, 7) is 1.88. The molecule has 2 aliphatic heterocycles. The molecule has 2 saturated heterocycles. The molecule has 0 radical (unpaired) electrons. The van der Waals surface area contributed by atoms with Crippen LogP contribution in [0.4, 0.5) is 0 Å². The summed E-state index contributed by atoms with van der Waals surface area (Å²) in [6.07, 6.45) is 4.25. The number of hydrogen-bond acceptors (Lipinski definition) is 4.